The highest BCUT2D eigenvalue weighted by Gasteiger charge is 2.07. The Bertz CT molecular complexity index is 646. The van der Waals surface area contributed by atoms with Gasteiger partial charge in [-0.25, -0.2) is 4.99 Å². The number of benzene rings is 1. The van der Waals surface area contributed by atoms with E-state index in [4.69, 9.17) is 4.52 Å². The molecule has 2 aromatic rings. The first-order valence-corrected chi connectivity index (χ1v) is 8.65. The van der Waals surface area contributed by atoms with E-state index in [9.17, 15) is 0 Å². The Hall–Kier alpha value is -2.30. The minimum absolute atomic E-state index is 0.409. The maximum atomic E-state index is 5.28. The zero-order valence-electron chi connectivity index (χ0n) is 15.1. The molecule has 2 rings (SSSR count). The lowest BCUT2D eigenvalue weighted by Crippen LogP contribution is -2.39. The van der Waals surface area contributed by atoms with Gasteiger partial charge in [0.15, 0.2) is 11.7 Å². The zero-order valence-corrected chi connectivity index (χ0v) is 15.1. The van der Waals surface area contributed by atoms with Gasteiger partial charge in [-0.1, -0.05) is 48.8 Å². The summed E-state index contributed by atoms with van der Waals surface area (Å²) in [6.07, 6.45) is 0.875. The van der Waals surface area contributed by atoms with E-state index in [0.29, 0.717) is 12.5 Å². The van der Waals surface area contributed by atoms with Crippen molar-refractivity contribution in [2.75, 3.05) is 13.1 Å². The Morgan fingerprint density at radius 3 is 2.58 bits per heavy atom. The van der Waals surface area contributed by atoms with Gasteiger partial charge in [0, 0.05) is 19.2 Å². The van der Waals surface area contributed by atoms with Gasteiger partial charge in [-0.2, -0.15) is 0 Å². The van der Waals surface area contributed by atoms with Crippen LogP contribution in [0.1, 0.15) is 49.3 Å². The average molecular weight is 328 g/mol. The molecule has 0 spiro atoms. The molecule has 1 atom stereocenters. The summed E-state index contributed by atoms with van der Waals surface area (Å²) in [5, 5.41) is 10.7. The maximum absolute atomic E-state index is 5.28. The van der Waals surface area contributed by atoms with Crippen LogP contribution in [0.3, 0.4) is 0 Å². The average Bonchev–Trinajstić information content (AvgIpc) is 3.06. The fraction of sp³-hybridized carbons (Fsp3) is 0.474. The lowest BCUT2D eigenvalue weighted by atomic mass is 10.0. The Morgan fingerprint density at radius 1 is 1.21 bits per heavy atom. The molecule has 0 aliphatic heterocycles. The van der Waals surface area contributed by atoms with Gasteiger partial charge in [-0.3, -0.25) is 0 Å². The summed E-state index contributed by atoms with van der Waals surface area (Å²) < 4.78 is 5.28. The van der Waals surface area contributed by atoms with E-state index < -0.39 is 0 Å². The van der Waals surface area contributed by atoms with Gasteiger partial charge in [-0.05, 0) is 31.7 Å². The van der Waals surface area contributed by atoms with Crippen LogP contribution in [0.5, 0.6) is 0 Å². The highest BCUT2D eigenvalue weighted by molar-refractivity contribution is 5.79. The third kappa shape index (κ3) is 5.41. The van der Waals surface area contributed by atoms with Gasteiger partial charge >= 0.3 is 0 Å². The first-order valence-electron chi connectivity index (χ1n) is 8.65. The number of aliphatic imine (C=N–C) groups is 1. The van der Waals surface area contributed by atoms with Crippen molar-refractivity contribution >= 4 is 5.96 Å². The van der Waals surface area contributed by atoms with Gasteiger partial charge < -0.3 is 15.2 Å². The number of hydrogen-bond acceptors (Lipinski definition) is 3. The Balaban J connectivity index is 1.92. The fourth-order valence-electron chi connectivity index (χ4n) is 2.36. The number of guanidine groups is 1. The van der Waals surface area contributed by atoms with Gasteiger partial charge in [0.25, 0.3) is 0 Å². The summed E-state index contributed by atoms with van der Waals surface area (Å²) in [4.78, 5) is 4.57. The monoisotopic (exact) mass is 328 g/mol. The highest BCUT2D eigenvalue weighted by Crippen LogP contribution is 2.14. The van der Waals surface area contributed by atoms with Crippen LogP contribution in [-0.2, 0) is 13.0 Å². The lowest BCUT2D eigenvalue weighted by molar-refractivity contribution is 0.379. The molecule has 1 heterocycles. The summed E-state index contributed by atoms with van der Waals surface area (Å²) in [6.45, 7) is 10.6. The number of aromatic nitrogens is 1. The van der Waals surface area contributed by atoms with Gasteiger partial charge in [0.2, 0.25) is 0 Å². The molecule has 0 bridgehead atoms. The van der Waals surface area contributed by atoms with Crippen LogP contribution in [0.2, 0.25) is 0 Å². The van der Waals surface area contributed by atoms with E-state index in [1.54, 1.807) is 0 Å². The van der Waals surface area contributed by atoms with Crippen molar-refractivity contribution in [3.8, 4) is 0 Å². The zero-order chi connectivity index (χ0) is 17.4. The summed E-state index contributed by atoms with van der Waals surface area (Å²) in [5.41, 5.74) is 3.57. The van der Waals surface area contributed by atoms with E-state index in [2.05, 4.69) is 72.7 Å². The lowest BCUT2D eigenvalue weighted by Gasteiger charge is -2.16. The summed E-state index contributed by atoms with van der Waals surface area (Å²) in [6, 6.07) is 10.6. The van der Waals surface area contributed by atoms with Crippen LogP contribution < -0.4 is 10.6 Å². The highest BCUT2D eigenvalue weighted by atomic mass is 16.5. The van der Waals surface area contributed by atoms with Crippen LogP contribution in [0, 0.1) is 6.92 Å². The number of aryl methyl sites for hydroxylation is 2. The molecule has 5 nitrogen and oxygen atoms in total. The molecule has 1 aromatic heterocycles. The number of rotatable bonds is 7. The number of nitrogens with zero attached hydrogens (tertiary/aromatic N) is 2. The largest absolute Gasteiger partial charge is 0.359 e. The second-order valence-electron chi connectivity index (χ2n) is 6.03. The quantitative estimate of drug-likeness (QED) is 0.604. The van der Waals surface area contributed by atoms with Gasteiger partial charge in [-0.15, -0.1) is 0 Å². The third-order valence-electron chi connectivity index (χ3n) is 3.93. The van der Waals surface area contributed by atoms with Crippen LogP contribution in [0.25, 0.3) is 0 Å². The molecule has 0 saturated carbocycles. The van der Waals surface area contributed by atoms with Gasteiger partial charge in [0.05, 0.1) is 5.69 Å². The Labute approximate surface area is 144 Å². The van der Waals surface area contributed by atoms with Crippen LogP contribution in [0.15, 0.2) is 39.8 Å². The third-order valence-corrected chi connectivity index (χ3v) is 3.93. The molecule has 0 radical (unpaired) electrons. The summed E-state index contributed by atoms with van der Waals surface area (Å²) in [5.74, 6) is 1.99. The van der Waals surface area contributed by atoms with E-state index >= 15 is 0 Å². The van der Waals surface area contributed by atoms with Crippen LogP contribution in [-0.4, -0.2) is 24.2 Å². The van der Waals surface area contributed by atoms with Crippen molar-refractivity contribution in [2.24, 2.45) is 4.99 Å². The SMILES string of the molecule is CCNC(=NCc1cc(CC)no1)NCC(C)c1ccc(C)cc1. The van der Waals surface area contributed by atoms with Gasteiger partial charge in [0.1, 0.15) is 6.54 Å². The molecule has 130 valence electrons. The van der Waals surface area contributed by atoms with Crippen molar-refractivity contribution < 1.29 is 4.52 Å². The minimum atomic E-state index is 0.409. The maximum Gasteiger partial charge on any atom is 0.191 e. The normalized spacial score (nSPS) is 12.9. The Kier molecular flexibility index (Phi) is 6.85. The first kappa shape index (κ1) is 18.0. The molecule has 1 unspecified atom stereocenters. The van der Waals surface area contributed by atoms with Crippen molar-refractivity contribution in [2.45, 2.75) is 46.6 Å². The second-order valence-corrected chi connectivity index (χ2v) is 6.03. The predicted molar refractivity (Wildman–Crippen MR) is 98.3 cm³/mol. The molecular formula is C19H28N4O. The molecule has 2 N–H and O–H groups in total. The van der Waals surface area contributed by atoms with E-state index in [0.717, 1.165) is 36.9 Å². The van der Waals surface area contributed by atoms with E-state index in [1.807, 2.05) is 6.07 Å². The second kappa shape index (κ2) is 9.11. The van der Waals surface area contributed by atoms with Crippen molar-refractivity contribution in [1.29, 1.82) is 0 Å². The fourth-order valence-corrected chi connectivity index (χ4v) is 2.36. The molecular weight excluding hydrogens is 300 g/mol. The van der Waals surface area contributed by atoms with E-state index in [-0.39, 0.29) is 0 Å². The van der Waals surface area contributed by atoms with E-state index in [1.165, 1.54) is 11.1 Å². The van der Waals surface area contributed by atoms with Crippen molar-refractivity contribution in [3.63, 3.8) is 0 Å². The first-order chi connectivity index (χ1) is 11.6. The summed E-state index contributed by atoms with van der Waals surface area (Å²) in [7, 11) is 0. The predicted octanol–water partition coefficient (Wildman–Crippen LogP) is 3.40. The van der Waals surface area contributed by atoms with Crippen molar-refractivity contribution in [1.82, 2.24) is 15.8 Å². The number of nitrogens with one attached hydrogen (secondary N) is 2. The Morgan fingerprint density at radius 2 is 1.96 bits per heavy atom. The molecule has 0 fully saturated rings. The summed E-state index contributed by atoms with van der Waals surface area (Å²) >= 11 is 0. The smallest absolute Gasteiger partial charge is 0.191 e. The molecule has 24 heavy (non-hydrogen) atoms. The van der Waals surface area contributed by atoms with Crippen LogP contribution in [0.4, 0.5) is 0 Å². The minimum Gasteiger partial charge on any atom is -0.359 e. The molecule has 0 saturated heterocycles. The molecule has 1 aromatic carbocycles. The standard InChI is InChI=1S/C19H28N4O/c1-5-17-11-18(24-23-17)13-22-19(20-6-2)21-12-15(4)16-9-7-14(3)8-10-16/h7-11,15H,5-6,12-13H2,1-4H3,(H2,20,21,22). The molecule has 0 aliphatic rings. The molecule has 0 aliphatic carbocycles. The molecule has 5 heteroatoms. The topological polar surface area (TPSA) is 62.5 Å². The molecule has 0 amide bonds. The van der Waals surface area contributed by atoms with Crippen molar-refractivity contribution in [3.05, 3.63) is 52.9 Å². The van der Waals surface area contributed by atoms with Crippen LogP contribution >= 0.6 is 0 Å². The number of hydrogen-bond donors (Lipinski definition) is 2.